The Labute approximate surface area is 139 Å². The van der Waals surface area contributed by atoms with Gasteiger partial charge in [-0.05, 0) is 38.0 Å². The third-order valence-electron chi connectivity index (χ3n) is 4.68. The number of pyridine rings is 1. The molecule has 6 heteroatoms. The van der Waals surface area contributed by atoms with Crippen molar-refractivity contribution < 1.29 is 19.4 Å². The number of nitrogens with zero attached hydrogens (tertiary/aromatic N) is 1. The Bertz CT molecular complexity index is 810. The number of amides is 1. The summed E-state index contributed by atoms with van der Waals surface area (Å²) in [7, 11) is 1.59. The van der Waals surface area contributed by atoms with E-state index in [9.17, 15) is 14.7 Å². The topological polar surface area (TPSA) is 88.5 Å². The lowest BCUT2D eigenvalue weighted by Crippen LogP contribution is -2.52. The largest absolute Gasteiger partial charge is 0.497 e. The summed E-state index contributed by atoms with van der Waals surface area (Å²) in [6.07, 6.45) is 2.54. The number of rotatable bonds is 4. The molecule has 24 heavy (non-hydrogen) atoms. The number of hydrogen-bond donors (Lipinski definition) is 2. The minimum Gasteiger partial charge on any atom is -0.497 e. The quantitative estimate of drug-likeness (QED) is 0.901. The lowest BCUT2D eigenvalue weighted by atomic mass is 9.97. The van der Waals surface area contributed by atoms with Crippen molar-refractivity contribution in [1.29, 1.82) is 0 Å². The standard InChI is InChI=1S/C18H20N2O4/c1-11-14(9-12-5-6-13(24-2)10-15(12)19-11)16(21)20-18(17(22)23)7-3-4-8-18/h5-6,9-10H,3-4,7-8H2,1-2H3,(H,20,21)(H,22,23). The van der Waals surface area contributed by atoms with Gasteiger partial charge in [0.15, 0.2) is 0 Å². The van der Waals surface area contributed by atoms with E-state index < -0.39 is 11.5 Å². The number of carbonyl (C=O) groups excluding carboxylic acids is 1. The van der Waals surface area contributed by atoms with E-state index in [1.54, 1.807) is 32.2 Å². The predicted octanol–water partition coefficient (Wildman–Crippen LogP) is 2.68. The van der Waals surface area contributed by atoms with Crippen molar-refractivity contribution in [3.63, 3.8) is 0 Å². The molecule has 126 valence electrons. The number of ether oxygens (including phenoxy) is 1. The number of aliphatic carboxylic acids is 1. The molecule has 1 saturated carbocycles. The van der Waals surface area contributed by atoms with Crippen molar-refractivity contribution in [3.8, 4) is 5.75 Å². The Hall–Kier alpha value is -2.63. The Morgan fingerprint density at radius 2 is 1.96 bits per heavy atom. The molecule has 0 saturated heterocycles. The van der Waals surface area contributed by atoms with Gasteiger partial charge in [-0.2, -0.15) is 0 Å². The van der Waals surface area contributed by atoms with Gasteiger partial charge < -0.3 is 15.2 Å². The van der Waals surface area contributed by atoms with Crippen LogP contribution in [0, 0.1) is 6.92 Å². The maximum atomic E-state index is 12.7. The normalized spacial score (nSPS) is 16.1. The van der Waals surface area contributed by atoms with E-state index in [-0.39, 0.29) is 5.91 Å². The molecule has 0 atom stereocenters. The molecule has 1 heterocycles. The first-order chi connectivity index (χ1) is 11.4. The summed E-state index contributed by atoms with van der Waals surface area (Å²) in [5, 5.41) is 13.1. The van der Waals surface area contributed by atoms with E-state index in [1.807, 2.05) is 6.07 Å². The van der Waals surface area contributed by atoms with Crippen molar-refractivity contribution in [3.05, 3.63) is 35.5 Å². The summed E-state index contributed by atoms with van der Waals surface area (Å²) in [6.45, 7) is 1.75. The van der Waals surface area contributed by atoms with E-state index in [4.69, 9.17) is 4.74 Å². The van der Waals surface area contributed by atoms with Crippen molar-refractivity contribution in [1.82, 2.24) is 10.3 Å². The molecule has 1 fully saturated rings. The van der Waals surface area contributed by atoms with E-state index >= 15 is 0 Å². The Morgan fingerprint density at radius 3 is 2.58 bits per heavy atom. The van der Waals surface area contributed by atoms with Gasteiger partial charge in [0.2, 0.25) is 0 Å². The van der Waals surface area contributed by atoms with Crippen LogP contribution in [0.3, 0.4) is 0 Å². The molecule has 2 N–H and O–H groups in total. The first-order valence-corrected chi connectivity index (χ1v) is 7.96. The van der Waals surface area contributed by atoms with E-state index in [0.29, 0.717) is 29.8 Å². The molecular formula is C18H20N2O4. The summed E-state index contributed by atoms with van der Waals surface area (Å²) < 4.78 is 5.18. The molecule has 1 aromatic heterocycles. The SMILES string of the molecule is COc1ccc2cc(C(=O)NC3(C(=O)O)CCCC3)c(C)nc2c1. The van der Waals surface area contributed by atoms with Gasteiger partial charge in [-0.1, -0.05) is 12.8 Å². The number of fused-ring (bicyclic) bond motifs is 1. The molecule has 2 aromatic rings. The van der Waals surface area contributed by atoms with Crippen LogP contribution in [0.5, 0.6) is 5.75 Å². The number of carboxylic acid groups (broad SMARTS) is 1. The summed E-state index contributed by atoms with van der Waals surface area (Å²) in [5.41, 5.74) is 0.544. The Kier molecular flexibility index (Phi) is 4.13. The monoisotopic (exact) mass is 328 g/mol. The van der Waals surface area contributed by atoms with Crippen LogP contribution in [-0.2, 0) is 4.79 Å². The van der Waals surface area contributed by atoms with Gasteiger partial charge in [0.1, 0.15) is 11.3 Å². The zero-order valence-electron chi connectivity index (χ0n) is 13.8. The number of benzene rings is 1. The molecular weight excluding hydrogens is 308 g/mol. The van der Waals surface area contributed by atoms with Crippen molar-refractivity contribution >= 4 is 22.8 Å². The minimum absolute atomic E-state index is 0.387. The Balaban J connectivity index is 1.95. The number of methoxy groups -OCH3 is 1. The number of carbonyl (C=O) groups is 2. The van der Waals surface area contributed by atoms with E-state index in [0.717, 1.165) is 23.7 Å². The molecule has 1 aromatic carbocycles. The molecule has 1 aliphatic rings. The average molecular weight is 328 g/mol. The summed E-state index contributed by atoms with van der Waals surface area (Å²) in [6, 6.07) is 7.19. The van der Waals surface area contributed by atoms with Crippen LogP contribution in [0.1, 0.15) is 41.7 Å². The van der Waals surface area contributed by atoms with Crippen molar-refractivity contribution in [2.45, 2.75) is 38.1 Å². The van der Waals surface area contributed by atoms with Gasteiger partial charge in [-0.15, -0.1) is 0 Å². The fourth-order valence-corrected chi connectivity index (χ4v) is 3.26. The highest BCUT2D eigenvalue weighted by atomic mass is 16.5. The lowest BCUT2D eigenvalue weighted by Gasteiger charge is -2.25. The summed E-state index contributed by atoms with van der Waals surface area (Å²) >= 11 is 0. The first kappa shape index (κ1) is 16.2. The minimum atomic E-state index is -1.15. The maximum Gasteiger partial charge on any atom is 0.329 e. The van der Waals surface area contributed by atoms with Gasteiger partial charge in [0.05, 0.1) is 23.9 Å². The van der Waals surface area contributed by atoms with Crippen LogP contribution in [0.15, 0.2) is 24.3 Å². The maximum absolute atomic E-state index is 12.7. The van der Waals surface area contributed by atoms with Gasteiger partial charge in [0.25, 0.3) is 5.91 Å². The van der Waals surface area contributed by atoms with Crippen LogP contribution in [0.25, 0.3) is 10.9 Å². The second-order valence-electron chi connectivity index (χ2n) is 6.23. The molecule has 0 unspecified atom stereocenters. The summed E-state index contributed by atoms with van der Waals surface area (Å²) in [4.78, 5) is 28.7. The van der Waals surface area contributed by atoms with Gasteiger partial charge >= 0.3 is 5.97 Å². The third kappa shape index (κ3) is 2.79. The molecule has 0 aliphatic heterocycles. The number of nitrogens with one attached hydrogen (secondary N) is 1. The second-order valence-corrected chi connectivity index (χ2v) is 6.23. The zero-order valence-corrected chi connectivity index (χ0v) is 13.8. The third-order valence-corrected chi connectivity index (χ3v) is 4.68. The van der Waals surface area contributed by atoms with Crippen LogP contribution >= 0.6 is 0 Å². The van der Waals surface area contributed by atoms with Gasteiger partial charge in [0, 0.05) is 11.5 Å². The smallest absolute Gasteiger partial charge is 0.329 e. The van der Waals surface area contributed by atoms with Gasteiger partial charge in [-0.25, -0.2) is 4.79 Å². The predicted molar refractivity (Wildman–Crippen MR) is 89.3 cm³/mol. The lowest BCUT2D eigenvalue weighted by molar-refractivity contribution is -0.144. The average Bonchev–Trinajstić information content (AvgIpc) is 3.03. The van der Waals surface area contributed by atoms with Crippen molar-refractivity contribution in [2.75, 3.05) is 7.11 Å². The Morgan fingerprint density at radius 1 is 1.25 bits per heavy atom. The number of hydrogen-bond acceptors (Lipinski definition) is 4. The second kappa shape index (κ2) is 6.11. The van der Waals surface area contributed by atoms with Gasteiger partial charge in [-0.3, -0.25) is 9.78 Å². The zero-order chi connectivity index (χ0) is 17.3. The highest BCUT2D eigenvalue weighted by molar-refractivity contribution is 6.01. The molecule has 1 aliphatic carbocycles. The van der Waals surface area contributed by atoms with Crippen LogP contribution in [0.4, 0.5) is 0 Å². The summed E-state index contributed by atoms with van der Waals surface area (Å²) in [5.74, 6) is -0.658. The molecule has 1 amide bonds. The van der Waals surface area contributed by atoms with Crippen LogP contribution in [0.2, 0.25) is 0 Å². The van der Waals surface area contributed by atoms with E-state index in [2.05, 4.69) is 10.3 Å². The molecule has 0 bridgehead atoms. The number of carboxylic acids is 1. The molecule has 0 spiro atoms. The fourth-order valence-electron chi connectivity index (χ4n) is 3.26. The van der Waals surface area contributed by atoms with Crippen LogP contribution < -0.4 is 10.1 Å². The first-order valence-electron chi connectivity index (χ1n) is 7.96. The molecule has 0 radical (unpaired) electrons. The van der Waals surface area contributed by atoms with E-state index in [1.165, 1.54) is 0 Å². The molecule has 3 rings (SSSR count). The molecule has 6 nitrogen and oxygen atoms in total. The number of aryl methyl sites for hydroxylation is 1. The number of aromatic nitrogens is 1. The highest BCUT2D eigenvalue weighted by Gasteiger charge is 2.42. The van der Waals surface area contributed by atoms with Crippen molar-refractivity contribution in [2.24, 2.45) is 0 Å². The highest BCUT2D eigenvalue weighted by Crippen LogP contribution is 2.30. The van der Waals surface area contributed by atoms with Crippen LogP contribution in [-0.4, -0.2) is 34.6 Å². The fraction of sp³-hybridized carbons (Fsp3) is 0.389.